The third-order valence-corrected chi connectivity index (χ3v) is 3.63. The summed E-state index contributed by atoms with van der Waals surface area (Å²) in [6.07, 6.45) is 8.50. The Kier molecular flexibility index (Phi) is 2.03. The van der Waals surface area contributed by atoms with Crippen LogP contribution in [0.25, 0.3) is 0 Å². The standard InChI is InChI=1S/C12H14N2O/c13-6-8-5-10-9-3-1-2-4-11(9)15-12(10)14-7-8/h1-2,4,8-10,12,14H,3,5,7H2. The Morgan fingerprint density at radius 3 is 3.33 bits per heavy atom. The van der Waals surface area contributed by atoms with E-state index in [1.54, 1.807) is 0 Å². The Morgan fingerprint density at radius 2 is 2.47 bits per heavy atom. The highest BCUT2D eigenvalue weighted by molar-refractivity contribution is 5.21. The van der Waals surface area contributed by atoms with Crippen molar-refractivity contribution in [2.75, 3.05) is 6.54 Å². The molecule has 3 heteroatoms. The van der Waals surface area contributed by atoms with Gasteiger partial charge in [-0.3, -0.25) is 5.32 Å². The first-order chi connectivity index (χ1) is 7.38. The number of hydrogen-bond donors (Lipinski definition) is 1. The molecule has 0 amide bonds. The lowest BCUT2D eigenvalue weighted by atomic mass is 9.79. The Bertz CT molecular complexity index is 366. The van der Waals surface area contributed by atoms with Gasteiger partial charge in [-0.2, -0.15) is 5.26 Å². The first-order valence-corrected chi connectivity index (χ1v) is 5.55. The lowest BCUT2D eigenvalue weighted by Gasteiger charge is -2.29. The highest BCUT2D eigenvalue weighted by Gasteiger charge is 2.44. The summed E-state index contributed by atoms with van der Waals surface area (Å²) < 4.78 is 5.85. The first-order valence-electron chi connectivity index (χ1n) is 5.55. The van der Waals surface area contributed by atoms with Crippen molar-refractivity contribution in [3.63, 3.8) is 0 Å². The van der Waals surface area contributed by atoms with Gasteiger partial charge >= 0.3 is 0 Å². The number of allylic oxidation sites excluding steroid dienone is 4. The zero-order chi connectivity index (χ0) is 10.3. The molecule has 0 aromatic rings. The number of hydrogen-bond acceptors (Lipinski definition) is 3. The molecule has 0 bridgehead atoms. The van der Waals surface area contributed by atoms with E-state index in [4.69, 9.17) is 10.00 Å². The van der Waals surface area contributed by atoms with E-state index in [1.165, 1.54) is 0 Å². The lowest BCUT2D eigenvalue weighted by Crippen LogP contribution is -2.44. The smallest absolute Gasteiger partial charge is 0.153 e. The number of ether oxygens (including phenoxy) is 1. The van der Waals surface area contributed by atoms with Crippen LogP contribution in [0.3, 0.4) is 0 Å². The van der Waals surface area contributed by atoms with Crippen LogP contribution in [0.5, 0.6) is 0 Å². The minimum Gasteiger partial charge on any atom is -0.479 e. The normalized spacial score (nSPS) is 42.2. The molecular formula is C12H14N2O. The first kappa shape index (κ1) is 8.99. The Labute approximate surface area is 89.4 Å². The summed E-state index contributed by atoms with van der Waals surface area (Å²) in [4.78, 5) is 0. The van der Waals surface area contributed by atoms with Crippen molar-refractivity contribution in [2.45, 2.75) is 19.1 Å². The molecule has 0 aromatic carbocycles. The maximum Gasteiger partial charge on any atom is 0.153 e. The van der Waals surface area contributed by atoms with E-state index in [0.29, 0.717) is 11.8 Å². The van der Waals surface area contributed by atoms with Gasteiger partial charge in [-0.15, -0.1) is 0 Å². The summed E-state index contributed by atoms with van der Waals surface area (Å²) in [7, 11) is 0. The van der Waals surface area contributed by atoms with E-state index in [9.17, 15) is 0 Å². The van der Waals surface area contributed by atoms with Crippen LogP contribution in [0.2, 0.25) is 0 Å². The van der Waals surface area contributed by atoms with E-state index in [-0.39, 0.29) is 12.1 Å². The monoisotopic (exact) mass is 202 g/mol. The molecular weight excluding hydrogens is 188 g/mol. The minimum absolute atomic E-state index is 0.144. The minimum atomic E-state index is 0.144. The summed E-state index contributed by atoms with van der Waals surface area (Å²) >= 11 is 0. The molecule has 2 heterocycles. The average molecular weight is 202 g/mol. The molecule has 0 spiro atoms. The number of fused-ring (bicyclic) bond motifs is 3. The van der Waals surface area contributed by atoms with Crippen molar-refractivity contribution >= 4 is 0 Å². The molecule has 3 aliphatic rings. The largest absolute Gasteiger partial charge is 0.479 e. The van der Waals surface area contributed by atoms with Crippen LogP contribution in [-0.4, -0.2) is 12.8 Å². The van der Waals surface area contributed by atoms with Crippen LogP contribution >= 0.6 is 0 Å². The average Bonchev–Trinajstić information content (AvgIpc) is 2.66. The molecule has 4 unspecified atom stereocenters. The fraction of sp³-hybridized carbons (Fsp3) is 0.583. The Hall–Kier alpha value is -1.27. The second-order valence-electron chi connectivity index (χ2n) is 4.51. The summed E-state index contributed by atoms with van der Waals surface area (Å²) in [6, 6.07) is 2.36. The zero-order valence-corrected chi connectivity index (χ0v) is 8.52. The van der Waals surface area contributed by atoms with Crippen LogP contribution in [0.4, 0.5) is 0 Å². The number of nitrogens with zero attached hydrogens (tertiary/aromatic N) is 1. The quantitative estimate of drug-likeness (QED) is 0.648. The summed E-state index contributed by atoms with van der Waals surface area (Å²) in [5, 5.41) is 12.3. The van der Waals surface area contributed by atoms with Crippen molar-refractivity contribution in [3.8, 4) is 6.07 Å². The molecule has 0 radical (unpaired) electrons. The molecule has 0 saturated carbocycles. The number of nitrogens with one attached hydrogen (secondary N) is 1. The van der Waals surface area contributed by atoms with E-state index in [1.807, 2.05) is 0 Å². The van der Waals surface area contributed by atoms with Gasteiger partial charge in [-0.25, -0.2) is 0 Å². The van der Waals surface area contributed by atoms with Gasteiger partial charge in [0, 0.05) is 18.4 Å². The van der Waals surface area contributed by atoms with E-state index >= 15 is 0 Å². The predicted octanol–water partition coefficient (Wildman–Crippen LogP) is 1.55. The Balaban J connectivity index is 1.82. The molecule has 2 fully saturated rings. The zero-order valence-electron chi connectivity index (χ0n) is 8.52. The van der Waals surface area contributed by atoms with Gasteiger partial charge in [-0.1, -0.05) is 12.2 Å². The SMILES string of the molecule is N#CC1CNC2OC3=CC=CCC3C2C1. The fourth-order valence-corrected chi connectivity index (χ4v) is 2.83. The summed E-state index contributed by atoms with van der Waals surface area (Å²) in [6.45, 7) is 0.769. The predicted molar refractivity (Wildman–Crippen MR) is 55.4 cm³/mol. The molecule has 2 aliphatic heterocycles. The van der Waals surface area contributed by atoms with Crippen molar-refractivity contribution < 1.29 is 4.74 Å². The third kappa shape index (κ3) is 1.37. The molecule has 15 heavy (non-hydrogen) atoms. The maximum absolute atomic E-state index is 8.95. The Morgan fingerprint density at radius 1 is 1.53 bits per heavy atom. The second-order valence-corrected chi connectivity index (χ2v) is 4.51. The molecule has 1 aliphatic carbocycles. The van der Waals surface area contributed by atoms with Gasteiger partial charge in [0.15, 0.2) is 6.23 Å². The molecule has 1 N–H and O–H groups in total. The van der Waals surface area contributed by atoms with Crippen LogP contribution in [0.15, 0.2) is 24.0 Å². The molecule has 78 valence electrons. The van der Waals surface area contributed by atoms with Gasteiger partial charge in [0.2, 0.25) is 0 Å². The fourth-order valence-electron chi connectivity index (χ4n) is 2.83. The van der Waals surface area contributed by atoms with Gasteiger partial charge in [0.25, 0.3) is 0 Å². The van der Waals surface area contributed by atoms with E-state index in [0.717, 1.165) is 25.1 Å². The van der Waals surface area contributed by atoms with Crippen LogP contribution in [-0.2, 0) is 4.74 Å². The summed E-state index contributed by atoms with van der Waals surface area (Å²) in [5.74, 6) is 2.25. The van der Waals surface area contributed by atoms with Gasteiger partial charge in [0.1, 0.15) is 5.76 Å². The number of nitriles is 1. The second kappa shape index (κ2) is 3.39. The van der Waals surface area contributed by atoms with Crippen LogP contribution in [0.1, 0.15) is 12.8 Å². The van der Waals surface area contributed by atoms with Crippen LogP contribution < -0.4 is 5.32 Å². The van der Waals surface area contributed by atoms with Crippen molar-refractivity contribution in [2.24, 2.45) is 17.8 Å². The van der Waals surface area contributed by atoms with E-state index in [2.05, 4.69) is 29.6 Å². The van der Waals surface area contributed by atoms with E-state index < -0.39 is 0 Å². The summed E-state index contributed by atoms with van der Waals surface area (Å²) in [5.41, 5.74) is 0. The van der Waals surface area contributed by atoms with Crippen molar-refractivity contribution in [3.05, 3.63) is 24.0 Å². The maximum atomic E-state index is 8.95. The van der Waals surface area contributed by atoms with Crippen LogP contribution in [0, 0.1) is 29.1 Å². The van der Waals surface area contributed by atoms with Gasteiger partial charge in [-0.05, 0) is 18.9 Å². The molecule has 3 rings (SSSR count). The lowest BCUT2D eigenvalue weighted by molar-refractivity contribution is 0.0654. The van der Waals surface area contributed by atoms with Crippen molar-refractivity contribution in [1.29, 1.82) is 5.26 Å². The van der Waals surface area contributed by atoms with Crippen molar-refractivity contribution in [1.82, 2.24) is 5.32 Å². The highest BCUT2D eigenvalue weighted by atomic mass is 16.5. The number of rotatable bonds is 0. The molecule has 0 aromatic heterocycles. The molecule has 3 nitrogen and oxygen atoms in total. The topological polar surface area (TPSA) is 45.0 Å². The molecule has 4 atom stereocenters. The van der Waals surface area contributed by atoms with Gasteiger partial charge in [0.05, 0.1) is 12.0 Å². The van der Waals surface area contributed by atoms with Gasteiger partial charge < -0.3 is 4.74 Å². The highest BCUT2D eigenvalue weighted by Crippen LogP contribution is 2.43. The third-order valence-electron chi connectivity index (χ3n) is 3.63. The molecule has 2 saturated heterocycles. The number of piperidine rings is 1.